The molecule has 0 radical (unpaired) electrons. The van der Waals surface area contributed by atoms with Gasteiger partial charge in [-0.1, -0.05) is 118 Å². The average molecular weight is 699 g/mol. The smallest absolute Gasteiger partial charge is 0.362 e. The van der Waals surface area contributed by atoms with E-state index in [0.717, 1.165) is 70.6 Å². The van der Waals surface area contributed by atoms with Crippen LogP contribution in [0.25, 0.3) is 0 Å². The fraction of sp³-hybridized carbons (Fsp3) is 0.595. The quantitative estimate of drug-likeness (QED) is 0.0253. The van der Waals surface area contributed by atoms with Gasteiger partial charge in [-0.2, -0.15) is 0 Å². The minimum atomic E-state index is -0.892. The molecule has 0 fully saturated rings. The zero-order chi connectivity index (χ0) is 37.1. The monoisotopic (exact) mass is 698 g/mol. The Kier molecular flexibility index (Phi) is 30.4. The van der Waals surface area contributed by atoms with Crippen molar-refractivity contribution in [1.82, 2.24) is 0 Å². The molecule has 0 heterocycles. The molecule has 2 unspecified atom stereocenters. The molecule has 0 saturated carbocycles. The second-order valence-corrected chi connectivity index (χ2v) is 13.2. The number of ether oxygens (including phenoxy) is 3. The Hall–Kier alpha value is -3.49. The van der Waals surface area contributed by atoms with Crippen LogP contribution in [-0.4, -0.2) is 80.6 Å². The van der Waals surface area contributed by atoms with E-state index in [0.29, 0.717) is 12.8 Å². The highest BCUT2D eigenvalue weighted by Crippen LogP contribution is 2.12. The van der Waals surface area contributed by atoms with Gasteiger partial charge in [0, 0.05) is 19.3 Å². The number of quaternary nitrogens is 1. The highest BCUT2D eigenvalue weighted by atomic mass is 16.6. The van der Waals surface area contributed by atoms with Gasteiger partial charge in [0.15, 0.2) is 12.1 Å². The molecule has 8 heteroatoms. The molecular weight excluding hydrogens is 630 g/mol. The maximum atomic E-state index is 12.6. The summed E-state index contributed by atoms with van der Waals surface area (Å²) in [5.74, 6) is -1.59. The van der Waals surface area contributed by atoms with Gasteiger partial charge in [-0.05, 0) is 57.8 Å². The van der Waals surface area contributed by atoms with Crippen LogP contribution in [0.15, 0.2) is 85.1 Å². The number of esters is 2. The predicted molar refractivity (Wildman–Crippen MR) is 206 cm³/mol. The van der Waals surface area contributed by atoms with E-state index in [1.807, 2.05) is 51.5 Å². The van der Waals surface area contributed by atoms with Crippen molar-refractivity contribution in [3.8, 4) is 0 Å². The standard InChI is InChI=1S/C42H67NO7/c1-6-8-10-12-14-16-18-19-20-21-23-25-27-29-31-33-41(45)50-38(36-48-35-34-39(42(46)47)43(3,4)5)37-49-40(44)32-30-28-26-24-22-17-15-13-11-9-7-2/h8-12,14-20,24,26,38-39H,6-7,13,21-23,25,27-37H2,1-5H3/p+1/b10-8+,11-9+,14-12+,17-15+,18-16+,20-19+,26-24+. The zero-order valence-corrected chi connectivity index (χ0v) is 31.8. The maximum Gasteiger partial charge on any atom is 0.362 e. The Morgan fingerprint density at radius 2 is 1.18 bits per heavy atom. The van der Waals surface area contributed by atoms with Gasteiger partial charge in [-0.25, -0.2) is 4.79 Å². The summed E-state index contributed by atoms with van der Waals surface area (Å²) >= 11 is 0. The number of likely N-dealkylation sites (N-methyl/N-ethyl adjacent to an activating group) is 1. The Labute approximate surface area is 303 Å². The number of allylic oxidation sites excluding steroid dienone is 14. The lowest BCUT2D eigenvalue weighted by Gasteiger charge is -2.31. The van der Waals surface area contributed by atoms with Gasteiger partial charge in [0.05, 0.1) is 34.4 Å². The van der Waals surface area contributed by atoms with Gasteiger partial charge < -0.3 is 23.8 Å². The number of carboxylic acid groups (broad SMARTS) is 1. The van der Waals surface area contributed by atoms with Gasteiger partial charge in [-0.15, -0.1) is 0 Å². The second kappa shape index (κ2) is 32.7. The van der Waals surface area contributed by atoms with Gasteiger partial charge in [-0.3, -0.25) is 9.59 Å². The number of rotatable bonds is 31. The molecule has 0 aliphatic carbocycles. The van der Waals surface area contributed by atoms with Crippen molar-refractivity contribution in [3.05, 3.63) is 85.1 Å². The van der Waals surface area contributed by atoms with E-state index in [-0.39, 0.29) is 49.1 Å². The van der Waals surface area contributed by atoms with Crippen molar-refractivity contribution in [2.75, 3.05) is 41.0 Å². The van der Waals surface area contributed by atoms with E-state index in [2.05, 4.69) is 68.5 Å². The van der Waals surface area contributed by atoms with Crippen LogP contribution in [0.1, 0.15) is 110 Å². The van der Waals surface area contributed by atoms with Crippen LogP contribution in [0.3, 0.4) is 0 Å². The molecule has 0 aliphatic heterocycles. The number of nitrogens with zero attached hydrogens (tertiary/aromatic N) is 1. The van der Waals surface area contributed by atoms with Gasteiger partial charge in [0.2, 0.25) is 0 Å². The second-order valence-electron chi connectivity index (χ2n) is 13.2. The molecule has 0 aromatic heterocycles. The van der Waals surface area contributed by atoms with Crippen molar-refractivity contribution in [1.29, 1.82) is 0 Å². The summed E-state index contributed by atoms with van der Waals surface area (Å²) in [4.78, 5) is 36.7. The van der Waals surface area contributed by atoms with E-state index >= 15 is 0 Å². The van der Waals surface area contributed by atoms with Gasteiger partial charge >= 0.3 is 17.9 Å². The molecule has 282 valence electrons. The van der Waals surface area contributed by atoms with Gasteiger partial charge in [0.1, 0.15) is 6.61 Å². The number of unbranched alkanes of at least 4 members (excludes halogenated alkanes) is 6. The van der Waals surface area contributed by atoms with Gasteiger partial charge in [0.25, 0.3) is 0 Å². The lowest BCUT2D eigenvalue weighted by atomic mass is 10.1. The topological polar surface area (TPSA) is 99.1 Å². The summed E-state index contributed by atoms with van der Waals surface area (Å²) < 4.78 is 17.1. The highest BCUT2D eigenvalue weighted by molar-refractivity contribution is 5.72. The molecule has 8 nitrogen and oxygen atoms in total. The van der Waals surface area contributed by atoms with E-state index in [1.165, 1.54) is 0 Å². The number of hydrogen-bond donors (Lipinski definition) is 1. The van der Waals surface area contributed by atoms with E-state index in [1.54, 1.807) is 0 Å². The van der Waals surface area contributed by atoms with Crippen LogP contribution in [0.5, 0.6) is 0 Å². The first kappa shape index (κ1) is 46.5. The van der Waals surface area contributed by atoms with Crippen LogP contribution in [0.2, 0.25) is 0 Å². The Balaban J connectivity index is 4.57. The molecule has 0 aromatic carbocycles. The lowest BCUT2D eigenvalue weighted by Crippen LogP contribution is -2.50. The molecule has 0 rings (SSSR count). The third kappa shape index (κ3) is 30.6. The van der Waals surface area contributed by atoms with Crippen LogP contribution in [0.4, 0.5) is 0 Å². The van der Waals surface area contributed by atoms with Crippen LogP contribution in [-0.2, 0) is 28.6 Å². The molecule has 0 aromatic rings. The molecule has 0 aliphatic rings. The summed E-state index contributed by atoms with van der Waals surface area (Å²) in [7, 11) is 5.48. The summed E-state index contributed by atoms with van der Waals surface area (Å²) in [6.07, 6.45) is 40.7. The molecule has 1 N–H and O–H groups in total. The molecule has 0 amide bonds. The largest absolute Gasteiger partial charge is 0.477 e. The number of aliphatic carboxylic acids is 1. The van der Waals surface area contributed by atoms with E-state index < -0.39 is 18.1 Å². The minimum absolute atomic E-state index is 0.0297. The SMILES string of the molecule is CC/C=C/C=C/C=C/C=C/CCCCCCCC(=O)OC(COCCC(C(=O)O)[N+](C)(C)C)COC(=O)CCC/C=C/C/C=C/C/C=C/CC. The Morgan fingerprint density at radius 3 is 1.84 bits per heavy atom. The molecule has 0 saturated heterocycles. The average Bonchev–Trinajstić information content (AvgIpc) is 3.06. The molecule has 0 spiro atoms. The summed E-state index contributed by atoms with van der Waals surface area (Å²) in [5, 5.41) is 9.58. The van der Waals surface area contributed by atoms with Crippen molar-refractivity contribution >= 4 is 17.9 Å². The summed E-state index contributed by atoms with van der Waals surface area (Å²) in [6.45, 7) is 4.35. The number of hydrogen-bond acceptors (Lipinski definition) is 6. The lowest BCUT2D eigenvalue weighted by molar-refractivity contribution is -0.887. The van der Waals surface area contributed by atoms with E-state index in [9.17, 15) is 19.5 Å². The zero-order valence-electron chi connectivity index (χ0n) is 31.8. The maximum absolute atomic E-state index is 12.6. The fourth-order valence-electron chi connectivity index (χ4n) is 4.77. The summed E-state index contributed by atoms with van der Waals surface area (Å²) in [5.41, 5.74) is 0. The Morgan fingerprint density at radius 1 is 0.620 bits per heavy atom. The first-order chi connectivity index (χ1) is 24.1. The fourth-order valence-corrected chi connectivity index (χ4v) is 4.77. The van der Waals surface area contributed by atoms with Crippen LogP contribution in [0, 0.1) is 0 Å². The molecule has 2 atom stereocenters. The van der Waals surface area contributed by atoms with Crippen molar-refractivity contribution < 1.29 is 38.2 Å². The predicted octanol–water partition coefficient (Wildman–Crippen LogP) is 9.40. The van der Waals surface area contributed by atoms with Crippen molar-refractivity contribution in [2.45, 2.75) is 122 Å². The number of carbonyl (C=O) groups excluding carboxylic acids is 2. The van der Waals surface area contributed by atoms with E-state index in [4.69, 9.17) is 14.2 Å². The number of carboxylic acids is 1. The van der Waals surface area contributed by atoms with Crippen molar-refractivity contribution in [3.63, 3.8) is 0 Å². The number of carbonyl (C=O) groups is 3. The third-order valence-corrected chi connectivity index (χ3v) is 7.63. The van der Waals surface area contributed by atoms with Crippen LogP contribution >= 0.6 is 0 Å². The Bertz CT molecular complexity index is 1090. The normalized spacial score (nSPS) is 14.0. The minimum Gasteiger partial charge on any atom is -0.477 e. The summed E-state index contributed by atoms with van der Waals surface area (Å²) in [6, 6.07) is -0.630. The van der Waals surface area contributed by atoms with Crippen molar-refractivity contribution in [2.24, 2.45) is 0 Å². The molecular formula is C42H68NO7+. The first-order valence-electron chi connectivity index (χ1n) is 18.7. The third-order valence-electron chi connectivity index (χ3n) is 7.63. The van der Waals surface area contributed by atoms with Crippen LogP contribution < -0.4 is 0 Å². The highest BCUT2D eigenvalue weighted by Gasteiger charge is 2.31. The molecule has 0 bridgehead atoms. The molecule has 50 heavy (non-hydrogen) atoms. The first-order valence-corrected chi connectivity index (χ1v) is 18.7.